The topological polar surface area (TPSA) is 79.2 Å². The van der Waals surface area contributed by atoms with Crippen LogP contribution in [0.4, 0.5) is 0 Å². The Balaban J connectivity index is 2.54. The smallest absolute Gasteiger partial charge is 0.331 e. The number of carbonyl (C=O) groups is 2. The maximum atomic E-state index is 11.8. The number of nitrogens with one attached hydrogen (secondary N) is 1. The fourth-order valence-corrected chi connectivity index (χ4v) is 1.90. The molecule has 0 bridgehead atoms. The second-order valence-electron chi connectivity index (χ2n) is 5.63. The molecule has 0 saturated carbocycles. The lowest BCUT2D eigenvalue weighted by Gasteiger charge is -2.27. The van der Waals surface area contributed by atoms with E-state index < -0.39 is 24.0 Å². The first kappa shape index (κ1) is 20.0. The van der Waals surface area contributed by atoms with Crippen LogP contribution < -0.4 is 5.32 Å². The van der Waals surface area contributed by atoms with Crippen molar-refractivity contribution in [1.82, 2.24) is 5.32 Å². The van der Waals surface area contributed by atoms with Gasteiger partial charge in [0.25, 0.3) is 5.91 Å². The van der Waals surface area contributed by atoms with Crippen molar-refractivity contribution in [3.05, 3.63) is 39.9 Å². The van der Waals surface area contributed by atoms with Crippen molar-refractivity contribution in [1.29, 1.82) is 5.26 Å². The third-order valence-corrected chi connectivity index (χ3v) is 4.23. The van der Waals surface area contributed by atoms with Crippen molar-refractivity contribution in [2.75, 3.05) is 6.61 Å². The zero-order valence-corrected chi connectivity index (χ0v) is 15.1. The van der Waals surface area contributed by atoms with E-state index in [1.807, 2.05) is 19.9 Å². The lowest BCUT2D eigenvalue weighted by atomic mass is 9.90. The molecule has 1 rings (SSSR count). The molecule has 0 radical (unpaired) electrons. The molecule has 0 unspecified atom stereocenters. The third-order valence-electron chi connectivity index (χ3n) is 3.49. The second kappa shape index (κ2) is 8.72. The number of hydrogen-bond acceptors (Lipinski definition) is 4. The van der Waals surface area contributed by atoms with Gasteiger partial charge in [-0.3, -0.25) is 4.79 Å². The van der Waals surface area contributed by atoms with Crippen molar-refractivity contribution < 1.29 is 14.3 Å². The summed E-state index contributed by atoms with van der Waals surface area (Å²) in [6.45, 7) is 4.78. The molecule has 1 atom stereocenters. The van der Waals surface area contributed by atoms with Crippen LogP contribution in [0.5, 0.6) is 0 Å². The van der Waals surface area contributed by atoms with Crippen LogP contribution in [-0.2, 0) is 14.3 Å². The second-order valence-corrected chi connectivity index (χ2v) is 6.45. The van der Waals surface area contributed by atoms with E-state index >= 15 is 0 Å². The normalized spacial score (nSPS) is 13.4. The molecule has 1 aromatic carbocycles. The summed E-state index contributed by atoms with van der Waals surface area (Å²) in [6, 6.07) is 6.94. The van der Waals surface area contributed by atoms with E-state index in [9.17, 15) is 9.59 Å². The number of ether oxygens (including phenoxy) is 1. The SMILES string of the molecule is CC(C)[C@@](C)(C#N)NC(=O)COC(=O)/C=C/c1ccc(Cl)c(Cl)c1. The lowest BCUT2D eigenvalue weighted by Crippen LogP contribution is -2.50. The molecule has 0 fully saturated rings. The Morgan fingerprint density at radius 3 is 2.58 bits per heavy atom. The number of hydrogen-bond donors (Lipinski definition) is 1. The van der Waals surface area contributed by atoms with E-state index in [2.05, 4.69) is 5.32 Å². The van der Waals surface area contributed by atoms with Gasteiger partial charge in [-0.2, -0.15) is 5.26 Å². The molecule has 1 N–H and O–H groups in total. The molecule has 0 aliphatic heterocycles. The fourth-order valence-electron chi connectivity index (χ4n) is 1.59. The Hall–Kier alpha value is -2.03. The molecular formula is C17H18Cl2N2O3. The Bertz CT molecular complexity index is 696. The maximum absolute atomic E-state index is 11.8. The Kier molecular flexibility index (Phi) is 7.27. The summed E-state index contributed by atoms with van der Waals surface area (Å²) in [7, 11) is 0. The van der Waals surface area contributed by atoms with Gasteiger partial charge in [-0.15, -0.1) is 0 Å². The average Bonchev–Trinajstić information content (AvgIpc) is 2.53. The molecule has 128 valence electrons. The van der Waals surface area contributed by atoms with Gasteiger partial charge >= 0.3 is 5.97 Å². The van der Waals surface area contributed by atoms with Crippen LogP contribution in [0.3, 0.4) is 0 Å². The molecule has 0 spiro atoms. The predicted octanol–water partition coefficient (Wildman–Crippen LogP) is 3.60. The van der Waals surface area contributed by atoms with Gasteiger partial charge in [0, 0.05) is 6.08 Å². The number of benzene rings is 1. The average molecular weight is 369 g/mol. The highest BCUT2D eigenvalue weighted by atomic mass is 35.5. The minimum Gasteiger partial charge on any atom is -0.452 e. The van der Waals surface area contributed by atoms with Gasteiger partial charge in [-0.05, 0) is 36.6 Å². The molecule has 0 aliphatic carbocycles. The predicted molar refractivity (Wildman–Crippen MR) is 93.5 cm³/mol. The van der Waals surface area contributed by atoms with Crippen LogP contribution in [-0.4, -0.2) is 24.0 Å². The van der Waals surface area contributed by atoms with Gasteiger partial charge in [0.15, 0.2) is 6.61 Å². The Morgan fingerprint density at radius 2 is 2.04 bits per heavy atom. The fraction of sp³-hybridized carbons (Fsp3) is 0.353. The number of nitriles is 1. The first-order valence-electron chi connectivity index (χ1n) is 7.20. The molecule has 0 heterocycles. The van der Waals surface area contributed by atoms with Gasteiger partial charge in [-0.1, -0.05) is 43.1 Å². The number of nitrogens with zero attached hydrogens (tertiary/aromatic N) is 1. The van der Waals surface area contributed by atoms with Gasteiger partial charge in [0.2, 0.25) is 0 Å². The quantitative estimate of drug-likeness (QED) is 0.614. The van der Waals surface area contributed by atoms with Crippen molar-refractivity contribution in [2.45, 2.75) is 26.3 Å². The molecule has 7 heteroatoms. The molecule has 0 saturated heterocycles. The summed E-state index contributed by atoms with van der Waals surface area (Å²) in [5.41, 5.74) is -0.345. The van der Waals surface area contributed by atoms with Crippen LogP contribution >= 0.6 is 23.2 Å². The van der Waals surface area contributed by atoms with Crippen molar-refractivity contribution in [2.24, 2.45) is 5.92 Å². The first-order valence-corrected chi connectivity index (χ1v) is 7.95. The highest BCUT2D eigenvalue weighted by Gasteiger charge is 2.30. The summed E-state index contributed by atoms with van der Waals surface area (Å²) >= 11 is 11.7. The summed E-state index contributed by atoms with van der Waals surface area (Å²) in [6.07, 6.45) is 2.68. The Morgan fingerprint density at radius 1 is 1.38 bits per heavy atom. The number of esters is 1. The highest BCUT2D eigenvalue weighted by molar-refractivity contribution is 6.42. The molecule has 0 aromatic heterocycles. The van der Waals surface area contributed by atoms with Crippen molar-refractivity contribution in [3.8, 4) is 6.07 Å². The van der Waals surface area contributed by atoms with Gasteiger partial charge < -0.3 is 10.1 Å². The summed E-state index contributed by atoms with van der Waals surface area (Å²) in [4.78, 5) is 23.4. The first-order chi connectivity index (χ1) is 11.2. The van der Waals surface area contributed by atoms with Gasteiger partial charge in [0.1, 0.15) is 5.54 Å². The van der Waals surface area contributed by atoms with E-state index in [1.165, 1.54) is 12.2 Å². The number of halogens is 2. The van der Waals surface area contributed by atoms with Crippen LogP contribution in [0.15, 0.2) is 24.3 Å². The van der Waals surface area contributed by atoms with Gasteiger partial charge in [-0.25, -0.2) is 4.79 Å². The maximum Gasteiger partial charge on any atom is 0.331 e. The summed E-state index contributed by atoms with van der Waals surface area (Å²) < 4.78 is 4.84. The zero-order chi connectivity index (χ0) is 18.3. The third kappa shape index (κ3) is 5.88. The standard InChI is InChI=1S/C17H18Cl2N2O3/c1-11(2)17(3,10-20)21-15(22)9-24-16(23)7-5-12-4-6-13(18)14(19)8-12/h4-8,11H,9H2,1-3H3,(H,21,22)/b7-5+/t17-/m1/s1. The van der Waals surface area contributed by atoms with E-state index in [-0.39, 0.29) is 5.92 Å². The van der Waals surface area contributed by atoms with Crippen LogP contribution in [0, 0.1) is 17.2 Å². The summed E-state index contributed by atoms with van der Waals surface area (Å²) in [5.74, 6) is -1.31. The monoisotopic (exact) mass is 368 g/mol. The van der Waals surface area contributed by atoms with Crippen LogP contribution in [0.25, 0.3) is 6.08 Å². The Labute approximate surface area is 151 Å². The lowest BCUT2D eigenvalue weighted by molar-refractivity contribution is -0.144. The summed E-state index contributed by atoms with van der Waals surface area (Å²) in [5, 5.41) is 12.5. The van der Waals surface area contributed by atoms with Gasteiger partial charge in [0.05, 0.1) is 16.1 Å². The van der Waals surface area contributed by atoms with Crippen molar-refractivity contribution in [3.63, 3.8) is 0 Å². The molecule has 1 aromatic rings. The van der Waals surface area contributed by atoms with E-state index in [1.54, 1.807) is 25.1 Å². The minimum absolute atomic E-state index is 0.0864. The number of amides is 1. The zero-order valence-electron chi connectivity index (χ0n) is 13.6. The van der Waals surface area contributed by atoms with Crippen LogP contribution in [0.2, 0.25) is 10.0 Å². The molecule has 5 nitrogen and oxygen atoms in total. The minimum atomic E-state index is -1.01. The molecule has 1 amide bonds. The molecule has 0 aliphatic rings. The van der Waals surface area contributed by atoms with E-state index in [0.717, 1.165) is 0 Å². The largest absolute Gasteiger partial charge is 0.452 e. The van der Waals surface area contributed by atoms with Crippen molar-refractivity contribution >= 4 is 41.2 Å². The van der Waals surface area contributed by atoms with Crippen LogP contribution in [0.1, 0.15) is 26.3 Å². The number of carbonyl (C=O) groups excluding carboxylic acids is 2. The molecule has 24 heavy (non-hydrogen) atoms. The highest BCUT2D eigenvalue weighted by Crippen LogP contribution is 2.23. The van der Waals surface area contributed by atoms with E-state index in [4.69, 9.17) is 33.2 Å². The molecular weight excluding hydrogens is 351 g/mol. The number of rotatable bonds is 6. The van der Waals surface area contributed by atoms with E-state index in [0.29, 0.717) is 15.6 Å².